The lowest BCUT2D eigenvalue weighted by Gasteiger charge is -2.19. The van der Waals surface area contributed by atoms with E-state index in [-0.39, 0.29) is 29.1 Å². The number of nitrogens with zero attached hydrogens (tertiary/aromatic N) is 2. The first-order valence-corrected chi connectivity index (χ1v) is 9.47. The third-order valence-corrected chi connectivity index (χ3v) is 6.25. The fourth-order valence-electron chi connectivity index (χ4n) is 2.82. The predicted octanol–water partition coefficient (Wildman–Crippen LogP) is 1.56. The lowest BCUT2D eigenvalue weighted by molar-refractivity contribution is 0.0773. The molecule has 0 aliphatic carbocycles. The monoisotopic (exact) mass is 375 g/mol. The molecular weight excluding hydrogens is 350 g/mol. The number of carbonyl (C=O) groups excluding carboxylic acids is 1. The maximum atomic E-state index is 12.6. The summed E-state index contributed by atoms with van der Waals surface area (Å²) >= 11 is 0. The molecule has 1 amide bonds. The first kappa shape index (κ1) is 20.9. The molecule has 1 heterocycles. The largest absolute Gasteiger partial charge is 0.339 e. The van der Waals surface area contributed by atoms with Crippen LogP contribution in [0.3, 0.4) is 0 Å². The number of sulfonamides is 1. The molecule has 2 rings (SSSR count). The van der Waals surface area contributed by atoms with Crippen molar-refractivity contribution >= 4 is 28.3 Å². The molecule has 1 aliphatic heterocycles. The van der Waals surface area contributed by atoms with Gasteiger partial charge < -0.3 is 10.6 Å². The Morgan fingerprint density at radius 3 is 2.29 bits per heavy atom. The molecule has 1 fully saturated rings. The molecule has 6 nitrogen and oxygen atoms in total. The zero-order chi connectivity index (χ0) is 17.0. The van der Waals surface area contributed by atoms with Crippen LogP contribution in [0.15, 0.2) is 29.2 Å². The Balaban J connectivity index is 0.00000288. The van der Waals surface area contributed by atoms with Crippen molar-refractivity contribution in [1.29, 1.82) is 0 Å². The van der Waals surface area contributed by atoms with E-state index in [9.17, 15) is 13.2 Å². The SMILES string of the molecule is CCN(CC)C(=O)c1ccc(S(=O)(=O)N2CCC(CN)C2)cc1.Cl. The van der Waals surface area contributed by atoms with E-state index in [1.165, 1.54) is 16.4 Å². The number of hydrogen-bond donors (Lipinski definition) is 1. The Bertz CT molecular complexity index is 645. The lowest BCUT2D eigenvalue weighted by atomic mass is 10.1. The molecule has 1 aromatic rings. The van der Waals surface area contributed by atoms with Gasteiger partial charge in [-0.1, -0.05) is 0 Å². The van der Waals surface area contributed by atoms with E-state index in [2.05, 4.69) is 0 Å². The lowest BCUT2D eigenvalue weighted by Crippen LogP contribution is -2.31. The van der Waals surface area contributed by atoms with Gasteiger partial charge in [0.25, 0.3) is 5.91 Å². The maximum absolute atomic E-state index is 12.6. The van der Waals surface area contributed by atoms with Gasteiger partial charge in [-0.25, -0.2) is 8.42 Å². The van der Waals surface area contributed by atoms with Crippen molar-refractivity contribution in [3.05, 3.63) is 29.8 Å². The smallest absolute Gasteiger partial charge is 0.253 e. The van der Waals surface area contributed by atoms with Crippen LogP contribution < -0.4 is 5.73 Å². The zero-order valence-electron chi connectivity index (χ0n) is 14.1. The molecule has 2 N–H and O–H groups in total. The molecule has 136 valence electrons. The number of amides is 1. The van der Waals surface area contributed by atoms with Crippen molar-refractivity contribution in [2.24, 2.45) is 11.7 Å². The first-order chi connectivity index (χ1) is 10.9. The summed E-state index contributed by atoms with van der Waals surface area (Å²) in [5, 5.41) is 0. The topological polar surface area (TPSA) is 83.7 Å². The van der Waals surface area contributed by atoms with Gasteiger partial charge in [0.05, 0.1) is 4.90 Å². The minimum absolute atomic E-state index is 0. The van der Waals surface area contributed by atoms with Gasteiger partial charge >= 0.3 is 0 Å². The predicted molar refractivity (Wildman–Crippen MR) is 96.9 cm³/mol. The van der Waals surface area contributed by atoms with Gasteiger partial charge in [-0.2, -0.15) is 4.31 Å². The van der Waals surface area contributed by atoms with Crippen molar-refractivity contribution < 1.29 is 13.2 Å². The van der Waals surface area contributed by atoms with Crippen molar-refractivity contribution in [3.8, 4) is 0 Å². The molecule has 1 aliphatic rings. The van der Waals surface area contributed by atoms with Crippen LogP contribution in [0.5, 0.6) is 0 Å². The minimum atomic E-state index is -3.50. The highest BCUT2D eigenvalue weighted by molar-refractivity contribution is 7.89. The molecule has 0 spiro atoms. The van der Waals surface area contributed by atoms with E-state index in [1.807, 2.05) is 13.8 Å². The fourth-order valence-corrected chi connectivity index (χ4v) is 4.35. The number of rotatable bonds is 6. The third-order valence-electron chi connectivity index (χ3n) is 4.37. The quantitative estimate of drug-likeness (QED) is 0.817. The van der Waals surface area contributed by atoms with Gasteiger partial charge in [0, 0.05) is 31.7 Å². The van der Waals surface area contributed by atoms with Gasteiger partial charge in [0.2, 0.25) is 10.0 Å². The van der Waals surface area contributed by atoms with E-state index in [4.69, 9.17) is 5.73 Å². The van der Waals surface area contributed by atoms with Crippen LogP contribution in [0.1, 0.15) is 30.6 Å². The summed E-state index contributed by atoms with van der Waals surface area (Å²) in [5.41, 5.74) is 6.13. The van der Waals surface area contributed by atoms with Crippen molar-refractivity contribution in [1.82, 2.24) is 9.21 Å². The van der Waals surface area contributed by atoms with E-state index < -0.39 is 10.0 Å². The van der Waals surface area contributed by atoms with Crippen LogP contribution in [0, 0.1) is 5.92 Å². The maximum Gasteiger partial charge on any atom is 0.253 e. The molecule has 1 atom stereocenters. The summed E-state index contributed by atoms with van der Waals surface area (Å²) in [6.07, 6.45) is 0.800. The average Bonchev–Trinajstić information content (AvgIpc) is 3.06. The Kier molecular flexibility index (Phi) is 7.66. The molecule has 1 saturated heterocycles. The van der Waals surface area contributed by atoms with Crippen LogP contribution >= 0.6 is 12.4 Å². The van der Waals surface area contributed by atoms with Crippen LogP contribution in [0.25, 0.3) is 0 Å². The second-order valence-corrected chi connectivity index (χ2v) is 7.69. The number of benzene rings is 1. The summed E-state index contributed by atoms with van der Waals surface area (Å²) < 4.78 is 26.7. The molecule has 0 aromatic heterocycles. The van der Waals surface area contributed by atoms with Gasteiger partial charge in [-0.3, -0.25) is 4.79 Å². The Labute approximate surface area is 150 Å². The summed E-state index contributed by atoms with van der Waals surface area (Å²) in [6, 6.07) is 6.21. The van der Waals surface area contributed by atoms with Gasteiger partial charge in [-0.05, 0) is 57.0 Å². The highest BCUT2D eigenvalue weighted by atomic mass is 35.5. The molecule has 0 radical (unpaired) electrons. The Hall–Kier alpha value is -1.15. The van der Waals surface area contributed by atoms with Crippen LogP contribution in [-0.2, 0) is 10.0 Å². The summed E-state index contributed by atoms with van der Waals surface area (Å²) in [5.74, 6) is 0.150. The second-order valence-electron chi connectivity index (χ2n) is 5.76. The van der Waals surface area contributed by atoms with Gasteiger partial charge in [0.15, 0.2) is 0 Å². The fraction of sp³-hybridized carbons (Fsp3) is 0.562. The van der Waals surface area contributed by atoms with Crippen LogP contribution in [0.2, 0.25) is 0 Å². The number of nitrogens with two attached hydrogens (primary N) is 1. The number of hydrogen-bond acceptors (Lipinski definition) is 4. The van der Waals surface area contributed by atoms with Crippen LogP contribution in [-0.4, -0.2) is 56.3 Å². The van der Waals surface area contributed by atoms with E-state index in [0.717, 1.165) is 6.42 Å². The summed E-state index contributed by atoms with van der Waals surface area (Å²) in [6.45, 7) is 6.57. The van der Waals surface area contributed by atoms with Crippen LogP contribution in [0.4, 0.5) is 0 Å². The van der Waals surface area contributed by atoms with Crippen molar-refractivity contribution in [2.75, 3.05) is 32.7 Å². The van der Waals surface area contributed by atoms with Gasteiger partial charge in [-0.15, -0.1) is 12.4 Å². The molecule has 0 saturated carbocycles. The normalized spacial score (nSPS) is 18.2. The summed E-state index contributed by atoms with van der Waals surface area (Å²) in [7, 11) is -3.50. The molecule has 8 heteroatoms. The van der Waals surface area contributed by atoms with Crippen molar-refractivity contribution in [3.63, 3.8) is 0 Å². The highest BCUT2D eigenvalue weighted by Gasteiger charge is 2.31. The van der Waals surface area contributed by atoms with E-state index in [0.29, 0.717) is 38.3 Å². The Morgan fingerprint density at radius 1 is 1.25 bits per heavy atom. The molecular formula is C16H26ClN3O3S. The minimum Gasteiger partial charge on any atom is -0.339 e. The molecule has 1 unspecified atom stereocenters. The number of halogens is 1. The number of carbonyl (C=O) groups is 1. The summed E-state index contributed by atoms with van der Waals surface area (Å²) in [4.78, 5) is 14.2. The van der Waals surface area contributed by atoms with E-state index in [1.54, 1.807) is 17.0 Å². The molecule has 0 bridgehead atoms. The standard InChI is InChI=1S/C16H25N3O3S.ClH/c1-3-18(4-2)16(20)14-5-7-15(8-6-14)23(21,22)19-10-9-13(11-17)12-19;/h5-8,13H,3-4,9-12,17H2,1-2H3;1H. The average molecular weight is 376 g/mol. The second kappa shape index (κ2) is 8.80. The van der Waals surface area contributed by atoms with Crippen molar-refractivity contribution in [2.45, 2.75) is 25.2 Å². The zero-order valence-corrected chi connectivity index (χ0v) is 15.8. The molecule has 24 heavy (non-hydrogen) atoms. The molecule has 1 aromatic carbocycles. The van der Waals surface area contributed by atoms with E-state index >= 15 is 0 Å². The first-order valence-electron chi connectivity index (χ1n) is 8.03. The highest BCUT2D eigenvalue weighted by Crippen LogP contribution is 2.24. The van der Waals surface area contributed by atoms with Gasteiger partial charge in [0.1, 0.15) is 0 Å². The third kappa shape index (κ3) is 4.27. The Morgan fingerprint density at radius 2 is 1.83 bits per heavy atom.